The van der Waals surface area contributed by atoms with Crippen LogP contribution in [0.25, 0.3) is 5.69 Å². The first-order valence-electron chi connectivity index (χ1n) is 7.59. The maximum Gasteiger partial charge on any atom is 0.243 e. The van der Waals surface area contributed by atoms with Crippen molar-refractivity contribution in [2.45, 2.75) is 30.2 Å². The molecule has 1 aliphatic rings. The minimum atomic E-state index is -3.66. The van der Waals surface area contributed by atoms with E-state index in [1.165, 1.54) is 29.2 Å². The van der Waals surface area contributed by atoms with Gasteiger partial charge < -0.3 is 5.32 Å². The Morgan fingerprint density at radius 3 is 2.91 bits per heavy atom. The largest absolute Gasteiger partial charge is 0.313 e. The molecule has 23 heavy (non-hydrogen) atoms. The first kappa shape index (κ1) is 16.1. The Morgan fingerprint density at radius 1 is 1.35 bits per heavy atom. The van der Waals surface area contributed by atoms with Crippen molar-refractivity contribution in [3.63, 3.8) is 0 Å². The Hall–Kier alpha value is -1.77. The second-order valence-corrected chi connectivity index (χ2v) is 7.34. The Morgan fingerprint density at radius 2 is 2.17 bits per heavy atom. The van der Waals surface area contributed by atoms with Crippen molar-refractivity contribution in [2.75, 3.05) is 13.1 Å². The summed E-state index contributed by atoms with van der Waals surface area (Å²) in [5, 5.41) is 7.23. The number of aromatic nitrogens is 2. The number of para-hydroxylation sites is 1. The van der Waals surface area contributed by atoms with Gasteiger partial charge >= 0.3 is 0 Å². The molecule has 0 bridgehead atoms. The molecule has 124 valence electrons. The van der Waals surface area contributed by atoms with Crippen LogP contribution >= 0.6 is 0 Å². The number of hydrogen-bond donors (Lipinski definition) is 2. The highest BCUT2D eigenvalue weighted by Gasteiger charge is 2.20. The summed E-state index contributed by atoms with van der Waals surface area (Å²) in [7, 11) is -3.66. The van der Waals surface area contributed by atoms with E-state index in [0.717, 1.165) is 25.8 Å². The van der Waals surface area contributed by atoms with Crippen molar-refractivity contribution >= 4 is 10.0 Å². The lowest BCUT2D eigenvalue weighted by Crippen LogP contribution is -2.43. The van der Waals surface area contributed by atoms with Crippen LogP contribution in [0.1, 0.15) is 19.3 Å². The molecule has 1 unspecified atom stereocenters. The molecule has 0 amide bonds. The summed E-state index contributed by atoms with van der Waals surface area (Å²) in [6.07, 6.45) is 5.72. The van der Waals surface area contributed by atoms with Gasteiger partial charge in [-0.15, -0.1) is 0 Å². The molecule has 0 aliphatic carbocycles. The summed E-state index contributed by atoms with van der Waals surface area (Å²) < 4.78 is 42.2. The molecule has 0 radical (unpaired) electrons. The summed E-state index contributed by atoms with van der Waals surface area (Å²) in [5.41, 5.74) is 0.211. The van der Waals surface area contributed by atoms with Crippen molar-refractivity contribution in [2.24, 2.45) is 0 Å². The molecular weight excluding hydrogens is 319 g/mol. The standard InChI is InChI=1S/C15H19FN4O2S/c16-14-6-1-2-7-15(14)20-11-13(10-18-20)23(21,22)19-9-12-5-3-4-8-17-12/h1-2,6-7,10-12,17,19H,3-5,8-9H2. The van der Waals surface area contributed by atoms with Crippen molar-refractivity contribution in [3.8, 4) is 5.69 Å². The summed E-state index contributed by atoms with van der Waals surface area (Å²) >= 11 is 0. The Bertz CT molecular complexity index is 769. The Kier molecular flexibility index (Phi) is 4.74. The van der Waals surface area contributed by atoms with E-state index in [9.17, 15) is 12.8 Å². The van der Waals surface area contributed by atoms with Crippen LogP contribution in [0.15, 0.2) is 41.6 Å². The van der Waals surface area contributed by atoms with Crippen molar-refractivity contribution in [3.05, 3.63) is 42.5 Å². The molecule has 0 spiro atoms. The molecular formula is C15H19FN4O2S. The lowest BCUT2D eigenvalue weighted by atomic mass is 10.1. The molecule has 2 heterocycles. The number of nitrogens with one attached hydrogen (secondary N) is 2. The van der Waals surface area contributed by atoms with Crippen LogP contribution in [0.2, 0.25) is 0 Å². The molecule has 1 fully saturated rings. The third-order valence-electron chi connectivity index (χ3n) is 3.90. The molecule has 6 nitrogen and oxygen atoms in total. The fourth-order valence-corrected chi connectivity index (χ4v) is 3.62. The minimum absolute atomic E-state index is 0.0246. The number of halogens is 1. The number of sulfonamides is 1. The lowest BCUT2D eigenvalue weighted by molar-refractivity contribution is 0.398. The number of benzene rings is 1. The third kappa shape index (κ3) is 3.77. The van der Waals surface area contributed by atoms with Crippen LogP contribution < -0.4 is 10.0 Å². The van der Waals surface area contributed by atoms with Gasteiger partial charge in [-0.3, -0.25) is 0 Å². The molecule has 1 atom stereocenters. The summed E-state index contributed by atoms with van der Waals surface area (Å²) in [4.78, 5) is 0.0246. The molecule has 0 saturated carbocycles. The molecule has 2 aromatic rings. The quantitative estimate of drug-likeness (QED) is 0.865. The van der Waals surface area contributed by atoms with Gasteiger partial charge in [-0.25, -0.2) is 22.2 Å². The van der Waals surface area contributed by atoms with Crippen LogP contribution in [-0.2, 0) is 10.0 Å². The Labute approximate surface area is 134 Å². The number of hydrogen-bond acceptors (Lipinski definition) is 4. The molecule has 1 aromatic carbocycles. The van der Waals surface area contributed by atoms with E-state index in [-0.39, 0.29) is 16.6 Å². The van der Waals surface area contributed by atoms with Gasteiger partial charge in [-0.2, -0.15) is 5.10 Å². The number of rotatable bonds is 5. The summed E-state index contributed by atoms with van der Waals surface area (Å²) in [5.74, 6) is -0.459. The highest BCUT2D eigenvalue weighted by molar-refractivity contribution is 7.89. The van der Waals surface area contributed by atoms with Crippen molar-refractivity contribution < 1.29 is 12.8 Å². The van der Waals surface area contributed by atoms with Crippen molar-refractivity contribution in [1.82, 2.24) is 19.8 Å². The second-order valence-electron chi connectivity index (χ2n) is 5.57. The molecule has 8 heteroatoms. The monoisotopic (exact) mass is 338 g/mol. The van der Waals surface area contributed by atoms with Gasteiger partial charge in [0.05, 0.1) is 12.4 Å². The maximum atomic E-state index is 13.7. The summed E-state index contributed by atoms with van der Waals surface area (Å²) in [6, 6.07) is 6.23. The fraction of sp³-hybridized carbons (Fsp3) is 0.400. The van der Waals surface area contributed by atoms with Crippen LogP contribution in [0.3, 0.4) is 0 Å². The van der Waals surface area contributed by atoms with Gasteiger partial charge in [0, 0.05) is 12.6 Å². The van der Waals surface area contributed by atoms with Gasteiger partial charge in [0.25, 0.3) is 0 Å². The normalized spacial score (nSPS) is 18.9. The molecule has 2 N–H and O–H groups in total. The van der Waals surface area contributed by atoms with Gasteiger partial charge in [-0.1, -0.05) is 18.6 Å². The second kappa shape index (κ2) is 6.77. The zero-order chi connectivity index (χ0) is 16.3. The highest BCUT2D eigenvalue weighted by Crippen LogP contribution is 2.15. The van der Waals surface area contributed by atoms with E-state index in [4.69, 9.17) is 0 Å². The van der Waals surface area contributed by atoms with E-state index in [2.05, 4.69) is 15.1 Å². The number of piperidine rings is 1. The lowest BCUT2D eigenvalue weighted by Gasteiger charge is -2.23. The van der Waals surface area contributed by atoms with Crippen LogP contribution in [-0.4, -0.2) is 37.3 Å². The first-order chi connectivity index (χ1) is 11.1. The predicted molar refractivity (Wildman–Crippen MR) is 84.4 cm³/mol. The number of nitrogens with zero attached hydrogens (tertiary/aromatic N) is 2. The van der Waals surface area contributed by atoms with Crippen LogP contribution in [0.4, 0.5) is 4.39 Å². The Balaban J connectivity index is 1.72. The average Bonchev–Trinajstić information content (AvgIpc) is 3.05. The van der Waals surface area contributed by atoms with Crippen molar-refractivity contribution in [1.29, 1.82) is 0 Å². The highest BCUT2D eigenvalue weighted by atomic mass is 32.2. The van der Waals surface area contributed by atoms with E-state index in [0.29, 0.717) is 6.54 Å². The summed E-state index contributed by atoms with van der Waals surface area (Å²) in [6.45, 7) is 1.25. The molecule has 1 aromatic heterocycles. The van der Waals surface area contributed by atoms with Crippen LogP contribution in [0, 0.1) is 5.82 Å². The van der Waals surface area contributed by atoms with E-state index in [1.54, 1.807) is 12.1 Å². The van der Waals surface area contributed by atoms with Gasteiger partial charge in [0.1, 0.15) is 16.4 Å². The van der Waals surface area contributed by atoms with Gasteiger partial charge in [-0.05, 0) is 31.5 Å². The van der Waals surface area contributed by atoms with Gasteiger partial charge in [0.2, 0.25) is 10.0 Å². The van der Waals surface area contributed by atoms with E-state index >= 15 is 0 Å². The zero-order valence-electron chi connectivity index (χ0n) is 12.6. The van der Waals surface area contributed by atoms with Crippen LogP contribution in [0.5, 0.6) is 0 Å². The van der Waals surface area contributed by atoms with E-state index < -0.39 is 15.8 Å². The average molecular weight is 338 g/mol. The first-order valence-corrected chi connectivity index (χ1v) is 9.07. The fourth-order valence-electron chi connectivity index (χ4n) is 2.61. The SMILES string of the molecule is O=S(=O)(NCC1CCCCN1)c1cnn(-c2ccccc2F)c1. The zero-order valence-corrected chi connectivity index (χ0v) is 13.4. The maximum absolute atomic E-state index is 13.7. The molecule has 3 rings (SSSR count). The van der Waals surface area contributed by atoms with E-state index in [1.807, 2.05) is 0 Å². The third-order valence-corrected chi connectivity index (χ3v) is 5.28. The predicted octanol–water partition coefficient (Wildman–Crippen LogP) is 1.43. The molecule has 1 saturated heterocycles. The topological polar surface area (TPSA) is 76.0 Å². The van der Waals surface area contributed by atoms with Gasteiger partial charge in [0.15, 0.2) is 0 Å². The smallest absolute Gasteiger partial charge is 0.243 e. The minimum Gasteiger partial charge on any atom is -0.313 e. The molecule has 1 aliphatic heterocycles.